The maximum Gasteiger partial charge on any atom is 0.213 e. The van der Waals surface area contributed by atoms with Crippen molar-refractivity contribution in [3.8, 4) is 5.75 Å². The summed E-state index contributed by atoms with van der Waals surface area (Å²) in [6, 6.07) is 5.66. The van der Waals surface area contributed by atoms with Crippen molar-refractivity contribution in [2.24, 2.45) is 0 Å². The van der Waals surface area contributed by atoms with Crippen LogP contribution in [0.3, 0.4) is 0 Å². The van der Waals surface area contributed by atoms with Gasteiger partial charge >= 0.3 is 0 Å². The van der Waals surface area contributed by atoms with E-state index >= 15 is 0 Å². The molecule has 0 aliphatic carbocycles. The van der Waals surface area contributed by atoms with Crippen LogP contribution in [-0.4, -0.2) is 41.0 Å². The molecular formula is C13H16FN3O3. The molecule has 2 N–H and O–H groups in total. The molecule has 0 aliphatic rings. The number of aromatic nitrogens is 2. The van der Waals surface area contributed by atoms with E-state index in [0.717, 1.165) is 0 Å². The van der Waals surface area contributed by atoms with Crippen molar-refractivity contribution in [2.45, 2.75) is 12.5 Å². The number of benzene rings is 1. The number of hydrogen-bond donors (Lipinski definition) is 2. The summed E-state index contributed by atoms with van der Waals surface area (Å²) in [7, 11) is 0. The van der Waals surface area contributed by atoms with Gasteiger partial charge < -0.3 is 19.7 Å². The van der Waals surface area contributed by atoms with Gasteiger partial charge in [0.15, 0.2) is 5.82 Å². The molecule has 1 aromatic carbocycles. The first-order valence-corrected chi connectivity index (χ1v) is 6.26. The monoisotopic (exact) mass is 281 g/mol. The standard InChI is InChI=1S/C13H16FN3O3/c14-10-1-3-12(4-2-10)19-8-11(18)7-15-6-5-13-16-9-20-17-13/h1-4,9,11,15,18H,5-8H2. The summed E-state index contributed by atoms with van der Waals surface area (Å²) in [4.78, 5) is 3.88. The molecule has 6 nitrogen and oxygen atoms in total. The van der Waals surface area contributed by atoms with Gasteiger partial charge in [-0.1, -0.05) is 5.16 Å². The van der Waals surface area contributed by atoms with Crippen LogP contribution in [0.5, 0.6) is 5.75 Å². The first-order valence-electron chi connectivity index (χ1n) is 6.26. The Hall–Kier alpha value is -1.99. The number of hydrogen-bond acceptors (Lipinski definition) is 6. The van der Waals surface area contributed by atoms with Gasteiger partial charge in [-0.05, 0) is 24.3 Å². The van der Waals surface area contributed by atoms with Crippen molar-refractivity contribution >= 4 is 0 Å². The summed E-state index contributed by atoms with van der Waals surface area (Å²) in [6.07, 6.45) is 1.26. The highest BCUT2D eigenvalue weighted by Gasteiger charge is 2.05. The van der Waals surface area contributed by atoms with Crippen molar-refractivity contribution in [2.75, 3.05) is 19.7 Å². The summed E-state index contributed by atoms with van der Waals surface area (Å²) < 4.78 is 22.6. The minimum Gasteiger partial charge on any atom is -0.491 e. The fourth-order valence-corrected chi connectivity index (χ4v) is 1.55. The Morgan fingerprint density at radius 3 is 2.85 bits per heavy atom. The fraction of sp³-hybridized carbons (Fsp3) is 0.385. The lowest BCUT2D eigenvalue weighted by atomic mass is 10.3. The fourth-order valence-electron chi connectivity index (χ4n) is 1.55. The van der Waals surface area contributed by atoms with Gasteiger partial charge in [-0.3, -0.25) is 0 Å². The Balaban J connectivity index is 1.58. The minimum absolute atomic E-state index is 0.140. The maximum atomic E-state index is 12.7. The Morgan fingerprint density at radius 1 is 1.35 bits per heavy atom. The van der Waals surface area contributed by atoms with E-state index in [2.05, 4.69) is 20.0 Å². The van der Waals surface area contributed by atoms with Crippen LogP contribution in [0.15, 0.2) is 35.2 Å². The molecule has 0 spiro atoms. The largest absolute Gasteiger partial charge is 0.491 e. The molecule has 0 radical (unpaired) electrons. The zero-order valence-corrected chi connectivity index (χ0v) is 10.8. The Labute approximate surface area is 115 Å². The molecule has 0 bridgehead atoms. The van der Waals surface area contributed by atoms with E-state index in [4.69, 9.17) is 4.74 Å². The predicted octanol–water partition coefficient (Wildman–Crippen LogP) is 0.781. The molecule has 20 heavy (non-hydrogen) atoms. The normalized spacial score (nSPS) is 12.3. The number of aliphatic hydroxyl groups excluding tert-OH is 1. The molecule has 2 rings (SSSR count). The third-order valence-electron chi connectivity index (χ3n) is 2.57. The second kappa shape index (κ2) is 7.56. The average Bonchev–Trinajstić information content (AvgIpc) is 2.96. The number of nitrogens with one attached hydrogen (secondary N) is 1. The second-order valence-corrected chi connectivity index (χ2v) is 4.22. The molecule has 108 valence electrons. The van der Waals surface area contributed by atoms with E-state index in [1.165, 1.54) is 30.7 Å². The number of halogens is 1. The van der Waals surface area contributed by atoms with Gasteiger partial charge in [0.1, 0.15) is 24.3 Å². The highest BCUT2D eigenvalue weighted by Crippen LogP contribution is 2.11. The zero-order valence-electron chi connectivity index (χ0n) is 10.8. The topological polar surface area (TPSA) is 80.4 Å². The van der Waals surface area contributed by atoms with Crippen LogP contribution in [0.2, 0.25) is 0 Å². The van der Waals surface area contributed by atoms with Gasteiger partial charge in [-0.2, -0.15) is 4.98 Å². The van der Waals surface area contributed by atoms with Crippen LogP contribution in [0.4, 0.5) is 4.39 Å². The van der Waals surface area contributed by atoms with E-state index in [1.807, 2.05) is 0 Å². The third kappa shape index (κ3) is 4.94. The molecule has 2 aromatic rings. The number of ether oxygens (including phenoxy) is 1. The van der Waals surface area contributed by atoms with E-state index in [-0.39, 0.29) is 12.4 Å². The van der Waals surface area contributed by atoms with Gasteiger partial charge in [0.2, 0.25) is 6.39 Å². The van der Waals surface area contributed by atoms with Gasteiger partial charge in [-0.25, -0.2) is 4.39 Å². The zero-order chi connectivity index (χ0) is 14.2. The Morgan fingerprint density at radius 2 is 2.15 bits per heavy atom. The van der Waals surface area contributed by atoms with Crippen molar-refractivity contribution in [1.82, 2.24) is 15.5 Å². The lowest BCUT2D eigenvalue weighted by molar-refractivity contribution is 0.106. The summed E-state index contributed by atoms with van der Waals surface area (Å²) in [5.41, 5.74) is 0. The van der Waals surface area contributed by atoms with Crippen molar-refractivity contribution in [1.29, 1.82) is 0 Å². The minimum atomic E-state index is -0.648. The molecule has 7 heteroatoms. The molecule has 0 saturated heterocycles. The molecular weight excluding hydrogens is 265 g/mol. The van der Waals surface area contributed by atoms with Crippen LogP contribution in [0, 0.1) is 5.82 Å². The van der Waals surface area contributed by atoms with Crippen molar-refractivity contribution in [3.05, 3.63) is 42.3 Å². The van der Waals surface area contributed by atoms with E-state index < -0.39 is 6.10 Å². The SMILES string of the molecule is OC(CNCCc1ncon1)COc1ccc(F)cc1. The molecule has 0 aliphatic heterocycles. The van der Waals surface area contributed by atoms with Gasteiger partial charge in [0, 0.05) is 19.5 Å². The highest BCUT2D eigenvalue weighted by atomic mass is 19.1. The smallest absolute Gasteiger partial charge is 0.213 e. The highest BCUT2D eigenvalue weighted by molar-refractivity contribution is 5.22. The molecule has 1 atom stereocenters. The quantitative estimate of drug-likeness (QED) is 0.696. The summed E-state index contributed by atoms with van der Waals surface area (Å²) in [5.74, 6) is 0.827. The van der Waals surface area contributed by atoms with Crippen LogP contribution in [-0.2, 0) is 6.42 Å². The Bertz CT molecular complexity index is 490. The summed E-state index contributed by atoms with van der Waals surface area (Å²) in [6.45, 7) is 1.16. The van der Waals surface area contributed by atoms with E-state index in [0.29, 0.717) is 31.1 Å². The summed E-state index contributed by atoms with van der Waals surface area (Å²) in [5, 5.41) is 16.4. The van der Waals surface area contributed by atoms with Crippen LogP contribution in [0.1, 0.15) is 5.82 Å². The van der Waals surface area contributed by atoms with Crippen LogP contribution < -0.4 is 10.1 Å². The lowest BCUT2D eigenvalue weighted by Crippen LogP contribution is -2.32. The number of nitrogens with zero attached hydrogens (tertiary/aromatic N) is 2. The van der Waals surface area contributed by atoms with Crippen molar-refractivity contribution in [3.63, 3.8) is 0 Å². The molecule has 0 fully saturated rings. The Kier molecular flexibility index (Phi) is 5.45. The van der Waals surface area contributed by atoms with Crippen LogP contribution >= 0.6 is 0 Å². The number of rotatable bonds is 8. The average molecular weight is 281 g/mol. The van der Waals surface area contributed by atoms with Gasteiger partial charge in [-0.15, -0.1) is 0 Å². The first-order chi connectivity index (χ1) is 9.74. The van der Waals surface area contributed by atoms with Crippen molar-refractivity contribution < 1.29 is 18.8 Å². The third-order valence-corrected chi connectivity index (χ3v) is 2.57. The molecule has 1 aromatic heterocycles. The van der Waals surface area contributed by atoms with Crippen LogP contribution in [0.25, 0.3) is 0 Å². The molecule has 1 unspecified atom stereocenters. The lowest BCUT2D eigenvalue weighted by Gasteiger charge is -2.12. The molecule has 0 saturated carbocycles. The summed E-state index contributed by atoms with van der Waals surface area (Å²) >= 11 is 0. The molecule has 1 heterocycles. The maximum absolute atomic E-state index is 12.7. The number of aliphatic hydroxyl groups is 1. The first kappa shape index (κ1) is 14.4. The predicted molar refractivity (Wildman–Crippen MR) is 68.8 cm³/mol. The van der Waals surface area contributed by atoms with Gasteiger partial charge in [0.05, 0.1) is 0 Å². The van der Waals surface area contributed by atoms with E-state index in [1.54, 1.807) is 0 Å². The second-order valence-electron chi connectivity index (χ2n) is 4.22. The van der Waals surface area contributed by atoms with E-state index in [9.17, 15) is 9.50 Å². The van der Waals surface area contributed by atoms with Gasteiger partial charge in [0.25, 0.3) is 0 Å². The molecule has 0 amide bonds.